The number of carbonyl (C=O) groups excluding carboxylic acids is 2. The van der Waals surface area contributed by atoms with Crippen molar-refractivity contribution in [1.29, 1.82) is 0 Å². The number of hydrogen-bond donors (Lipinski definition) is 1. The number of non-ortho nitro benzene ring substituents is 1. The Morgan fingerprint density at radius 3 is 2.32 bits per heavy atom. The highest BCUT2D eigenvalue weighted by atomic mass is 16.6. The van der Waals surface area contributed by atoms with Crippen LogP contribution in [0.5, 0.6) is 5.75 Å². The molecule has 2 heterocycles. The zero-order valence-electron chi connectivity index (χ0n) is 18.7. The Hall–Kier alpha value is -3.76. The van der Waals surface area contributed by atoms with Crippen LogP contribution in [0.4, 0.5) is 5.69 Å². The third kappa shape index (κ3) is 4.63. The molecule has 0 radical (unpaired) electrons. The Balaban J connectivity index is 1.73. The molecule has 1 amide bonds. The van der Waals surface area contributed by atoms with Crippen LogP contribution in [0.15, 0.2) is 54.1 Å². The summed E-state index contributed by atoms with van der Waals surface area (Å²) in [7, 11) is 1.52. The van der Waals surface area contributed by atoms with Gasteiger partial charge in [-0.05, 0) is 42.0 Å². The summed E-state index contributed by atoms with van der Waals surface area (Å²) in [5.41, 5.74) is 0.705. The van der Waals surface area contributed by atoms with Crippen LogP contribution in [0.1, 0.15) is 17.2 Å². The fourth-order valence-corrected chi connectivity index (χ4v) is 4.21. The number of nitro benzene ring substituents is 1. The first-order valence-corrected chi connectivity index (χ1v) is 10.9. The quantitative estimate of drug-likeness (QED) is 0.217. The van der Waals surface area contributed by atoms with Gasteiger partial charge in [0.1, 0.15) is 11.5 Å². The van der Waals surface area contributed by atoms with E-state index in [1.165, 1.54) is 36.3 Å². The molecule has 10 heteroatoms. The number of nitrogens with zero attached hydrogens (tertiary/aromatic N) is 3. The average Bonchev–Trinajstić information content (AvgIpc) is 3.12. The summed E-state index contributed by atoms with van der Waals surface area (Å²) in [5.74, 6) is -1.24. The number of aliphatic hydroxyl groups excluding tert-OH is 1. The van der Waals surface area contributed by atoms with Gasteiger partial charge in [-0.25, -0.2) is 0 Å². The van der Waals surface area contributed by atoms with E-state index in [9.17, 15) is 24.8 Å². The van der Waals surface area contributed by atoms with E-state index in [1.807, 2.05) is 0 Å². The molecule has 0 bridgehead atoms. The lowest BCUT2D eigenvalue weighted by Crippen LogP contribution is -2.42. The summed E-state index contributed by atoms with van der Waals surface area (Å²) < 4.78 is 10.5. The van der Waals surface area contributed by atoms with E-state index in [0.29, 0.717) is 36.6 Å². The molecular formula is C24H25N3O7. The second-order valence-electron chi connectivity index (χ2n) is 8.02. The van der Waals surface area contributed by atoms with Crippen molar-refractivity contribution in [2.75, 3.05) is 46.5 Å². The molecule has 10 nitrogen and oxygen atoms in total. The van der Waals surface area contributed by atoms with Crippen molar-refractivity contribution >= 4 is 23.1 Å². The molecule has 34 heavy (non-hydrogen) atoms. The predicted octanol–water partition coefficient (Wildman–Crippen LogP) is 2.36. The molecular weight excluding hydrogens is 442 g/mol. The van der Waals surface area contributed by atoms with Gasteiger partial charge >= 0.3 is 0 Å². The number of Topliss-reactive ketones (excluding diaryl/α,β-unsaturated/α-hetero) is 1. The summed E-state index contributed by atoms with van der Waals surface area (Å²) in [4.78, 5) is 40.3. The number of rotatable bonds is 7. The van der Waals surface area contributed by atoms with E-state index < -0.39 is 22.7 Å². The topological polar surface area (TPSA) is 122 Å². The molecule has 0 aromatic heterocycles. The fourth-order valence-electron chi connectivity index (χ4n) is 4.21. The van der Waals surface area contributed by atoms with Crippen LogP contribution in [0.25, 0.3) is 5.76 Å². The highest BCUT2D eigenvalue weighted by Gasteiger charge is 2.46. The van der Waals surface area contributed by atoms with Crippen LogP contribution < -0.4 is 4.74 Å². The first-order chi connectivity index (χ1) is 16.4. The number of carbonyl (C=O) groups is 2. The fraction of sp³-hybridized carbons (Fsp3) is 0.333. The van der Waals surface area contributed by atoms with Crippen LogP contribution in [0.2, 0.25) is 0 Å². The first-order valence-electron chi connectivity index (χ1n) is 10.9. The zero-order chi connectivity index (χ0) is 24.2. The summed E-state index contributed by atoms with van der Waals surface area (Å²) in [6, 6.07) is 11.3. The molecule has 2 aromatic carbocycles. The second-order valence-corrected chi connectivity index (χ2v) is 8.02. The number of ketones is 1. The molecule has 2 saturated heterocycles. The smallest absolute Gasteiger partial charge is 0.295 e. The Labute approximate surface area is 196 Å². The highest BCUT2D eigenvalue weighted by molar-refractivity contribution is 6.46. The summed E-state index contributed by atoms with van der Waals surface area (Å²) >= 11 is 0. The Morgan fingerprint density at radius 2 is 1.74 bits per heavy atom. The lowest BCUT2D eigenvalue weighted by Gasteiger charge is -2.31. The van der Waals surface area contributed by atoms with E-state index in [4.69, 9.17) is 9.47 Å². The number of morpholine rings is 1. The van der Waals surface area contributed by atoms with E-state index >= 15 is 0 Å². The zero-order valence-corrected chi connectivity index (χ0v) is 18.7. The molecule has 1 atom stereocenters. The van der Waals surface area contributed by atoms with Gasteiger partial charge in [0.05, 0.1) is 36.9 Å². The number of aliphatic hydroxyl groups is 1. The number of ether oxygens (including phenoxy) is 2. The minimum Gasteiger partial charge on any atom is -0.507 e. The van der Waals surface area contributed by atoms with Crippen molar-refractivity contribution in [2.45, 2.75) is 6.04 Å². The van der Waals surface area contributed by atoms with Gasteiger partial charge in [0.25, 0.3) is 17.4 Å². The molecule has 1 N–H and O–H groups in total. The number of amides is 1. The normalized spacial score (nSPS) is 20.5. The van der Waals surface area contributed by atoms with Crippen molar-refractivity contribution in [1.82, 2.24) is 9.80 Å². The maximum atomic E-state index is 13.1. The van der Waals surface area contributed by atoms with Crippen molar-refractivity contribution < 1.29 is 29.1 Å². The second kappa shape index (κ2) is 10.0. The number of likely N-dealkylation sites (tertiary alicyclic amines) is 1. The molecule has 2 aromatic rings. The minimum atomic E-state index is -0.871. The average molecular weight is 467 g/mol. The molecule has 2 aliphatic heterocycles. The molecule has 0 aliphatic carbocycles. The van der Waals surface area contributed by atoms with Gasteiger partial charge in [0.15, 0.2) is 0 Å². The van der Waals surface area contributed by atoms with E-state index in [2.05, 4.69) is 4.90 Å². The van der Waals surface area contributed by atoms with Gasteiger partial charge in [0.2, 0.25) is 0 Å². The molecule has 2 fully saturated rings. The summed E-state index contributed by atoms with van der Waals surface area (Å²) in [6.45, 7) is 3.42. The Kier molecular flexibility index (Phi) is 6.90. The van der Waals surface area contributed by atoms with E-state index in [-0.39, 0.29) is 23.6 Å². The van der Waals surface area contributed by atoms with Crippen LogP contribution in [0, 0.1) is 10.1 Å². The van der Waals surface area contributed by atoms with E-state index in [0.717, 1.165) is 13.1 Å². The molecule has 0 saturated carbocycles. The lowest BCUT2D eigenvalue weighted by atomic mass is 9.95. The summed E-state index contributed by atoms with van der Waals surface area (Å²) in [6.07, 6.45) is 0. The number of nitro groups is 1. The monoisotopic (exact) mass is 467 g/mol. The number of methoxy groups -OCH3 is 1. The van der Waals surface area contributed by atoms with Crippen LogP contribution in [0.3, 0.4) is 0 Å². The van der Waals surface area contributed by atoms with Crippen molar-refractivity contribution in [3.05, 3.63) is 75.3 Å². The van der Waals surface area contributed by atoms with Crippen LogP contribution in [-0.2, 0) is 14.3 Å². The highest BCUT2D eigenvalue weighted by Crippen LogP contribution is 2.39. The number of hydrogen-bond acceptors (Lipinski definition) is 8. The SMILES string of the molecule is COc1ccc(/C(O)=C2\C(=O)C(=O)N(CCN3CCOCC3)[C@H]2c2ccc([N+](=O)[O-])cc2)cc1. The van der Waals surface area contributed by atoms with Crippen LogP contribution in [-0.4, -0.2) is 78.0 Å². The third-order valence-corrected chi connectivity index (χ3v) is 6.08. The lowest BCUT2D eigenvalue weighted by molar-refractivity contribution is -0.384. The van der Waals surface area contributed by atoms with Gasteiger partial charge < -0.3 is 19.5 Å². The number of benzene rings is 2. The third-order valence-electron chi connectivity index (χ3n) is 6.08. The molecule has 178 valence electrons. The standard InChI is InChI=1S/C24H25N3O7/c1-33-19-8-4-17(5-9-19)22(28)20-21(16-2-6-18(7-3-16)27(31)32)26(24(30)23(20)29)11-10-25-12-14-34-15-13-25/h2-9,21,28H,10-15H2,1H3/b22-20+/t21-/m0/s1. The van der Waals surface area contributed by atoms with Crippen LogP contribution >= 0.6 is 0 Å². The van der Waals surface area contributed by atoms with Gasteiger partial charge in [-0.3, -0.25) is 24.6 Å². The predicted molar refractivity (Wildman–Crippen MR) is 122 cm³/mol. The molecule has 0 spiro atoms. The first kappa shape index (κ1) is 23.4. The van der Waals surface area contributed by atoms with E-state index in [1.54, 1.807) is 24.3 Å². The Bertz CT molecular complexity index is 1110. The molecule has 0 unspecified atom stereocenters. The van der Waals surface area contributed by atoms with Crippen molar-refractivity contribution in [3.8, 4) is 5.75 Å². The maximum absolute atomic E-state index is 13.1. The Morgan fingerprint density at radius 1 is 1.09 bits per heavy atom. The van der Waals surface area contributed by atoms with Gasteiger partial charge in [-0.15, -0.1) is 0 Å². The molecule has 2 aliphatic rings. The van der Waals surface area contributed by atoms with Gasteiger partial charge in [0, 0.05) is 43.9 Å². The molecule has 4 rings (SSSR count). The van der Waals surface area contributed by atoms with Gasteiger partial charge in [-0.1, -0.05) is 0 Å². The van der Waals surface area contributed by atoms with Crippen molar-refractivity contribution in [2.24, 2.45) is 0 Å². The maximum Gasteiger partial charge on any atom is 0.295 e. The minimum absolute atomic E-state index is 0.0500. The largest absolute Gasteiger partial charge is 0.507 e. The van der Waals surface area contributed by atoms with Crippen molar-refractivity contribution in [3.63, 3.8) is 0 Å². The summed E-state index contributed by atoms with van der Waals surface area (Å²) in [5, 5.41) is 22.2. The van der Waals surface area contributed by atoms with Gasteiger partial charge in [-0.2, -0.15) is 0 Å².